The zero-order valence-electron chi connectivity index (χ0n) is 10.8. The Kier molecular flexibility index (Phi) is 4.48. The third-order valence-electron chi connectivity index (χ3n) is 2.81. The second kappa shape index (κ2) is 6.31. The van der Waals surface area contributed by atoms with Crippen LogP contribution in [-0.4, -0.2) is 37.5 Å². The first-order valence-electron chi connectivity index (χ1n) is 6.28. The number of anilines is 2. The number of carbonyl (C=O) groups excluding carboxylic acids is 2. The lowest BCUT2D eigenvalue weighted by molar-refractivity contribution is -0.118. The summed E-state index contributed by atoms with van der Waals surface area (Å²) >= 11 is 0. The van der Waals surface area contributed by atoms with Crippen LogP contribution >= 0.6 is 0 Å². The molecule has 0 bridgehead atoms. The van der Waals surface area contributed by atoms with Gasteiger partial charge in [0.05, 0.1) is 6.04 Å². The van der Waals surface area contributed by atoms with Gasteiger partial charge >= 0.3 is 0 Å². The van der Waals surface area contributed by atoms with Gasteiger partial charge in [-0.2, -0.15) is 0 Å². The molecule has 6 heteroatoms. The third kappa shape index (κ3) is 4.04. The highest BCUT2D eigenvalue weighted by atomic mass is 16.2. The van der Waals surface area contributed by atoms with Gasteiger partial charge in [0.15, 0.2) is 0 Å². The highest BCUT2D eigenvalue weighted by Crippen LogP contribution is 2.15. The number of hydrogen-bond donors (Lipinski definition) is 4. The van der Waals surface area contributed by atoms with Gasteiger partial charge in [0.2, 0.25) is 11.8 Å². The summed E-state index contributed by atoms with van der Waals surface area (Å²) in [6.45, 7) is 3.73. The van der Waals surface area contributed by atoms with E-state index in [1.54, 1.807) is 24.3 Å². The van der Waals surface area contributed by atoms with E-state index in [2.05, 4.69) is 21.3 Å². The number of piperazine rings is 1. The maximum absolute atomic E-state index is 12.0. The van der Waals surface area contributed by atoms with Crippen molar-refractivity contribution in [3.05, 3.63) is 24.3 Å². The van der Waals surface area contributed by atoms with Crippen LogP contribution in [0.1, 0.15) is 6.92 Å². The van der Waals surface area contributed by atoms with Crippen molar-refractivity contribution in [2.45, 2.75) is 13.0 Å². The van der Waals surface area contributed by atoms with Crippen LogP contribution < -0.4 is 21.3 Å². The molecule has 1 atom stereocenters. The number of amides is 2. The molecule has 0 spiro atoms. The Morgan fingerprint density at radius 1 is 1.21 bits per heavy atom. The van der Waals surface area contributed by atoms with Crippen LogP contribution in [0.2, 0.25) is 0 Å². The average Bonchev–Trinajstić information content (AvgIpc) is 2.39. The predicted octanol–water partition coefficient (Wildman–Crippen LogP) is 0.145. The summed E-state index contributed by atoms with van der Waals surface area (Å²) in [7, 11) is 0. The zero-order chi connectivity index (χ0) is 13.7. The molecule has 1 aromatic rings. The Morgan fingerprint density at radius 2 is 1.95 bits per heavy atom. The lowest BCUT2D eigenvalue weighted by atomic mass is 10.2. The van der Waals surface area contributed by atoms with Crippen LogP contribution in [0.15, 0.2) is 24.3 Å². The van der Waals surface area contributed by atoms with Gasteiger partial charge in [-0.3, -0.25) is 9.59 Å². The van der Waals surface area contributed by atoms with E-state index in [4.69, 9.17) is 0 Å². The first-order valence-corrected chi connectivity index (χ1v) is 6.28. The number of hydrogen-bond acceptors (Lipinski definition) is 4. The first-order chi connectivity index (χ1) is 9.15. The Morgan fingerprint density at radius 3 is 2.58 bits per heavy atom. The SMILES string of the molecule is CC(=O)Nc1cccc(NC(=O)C2CNCCN2)c1. The summed E-state index contributed by atoms with van der Waals surface area (Å²) < 4.78 is 0. The molecular formula is C13H18N4O2. The van der Waals surface area contributed by atoms with Crippen LogP contribution in [0.4, 0.5) is 11.4 Å². The molecule has 2 amide bonds. The Bertz CT molecular complexity index is 469. The highest BCUT2D eigenvalue weighted by molar-refractivity contribution is 5.96. The normalized spacial score (nSPS) is 18.7. The van der Waals surface area contributed by atoms with E-state index in [1.165, 1.54) is 6.92 Å². The fourth-order valence-electron chi connectivity index (χ4n) is 1.95. The summed E-state index contributed by atoms with van der Waals surface area (Å²) in [4.78, 5) is 23.0. The lowest BCUT2D eigenvalue weighted by Crippen LogP contribution is -2.54. The van der Waals surface area contributed by atoms with E-state index in [1.807, 2.05) is 0 Å². The molecule has 0 radical (unpaired) electrons. The summed E-state index contributed by atoms with van der Waals surface area (Å²) in [6.07, 6.45) is 0. The standard InChI is InChI=1S/C13H18N4O2/c1-9(18)16-10-3-2-4-11(7-10)17-13(19)12-8-14-5-6-15-12/h2-4,7,12,14-15H,5-6,8H2,1H3,(H,16,18)(H,17,19). The number of rotatable bonds is 3. The third-order valence-corrected chi connectivity index (χ3v) is 2.81. The number of nitrogens with one attached hydrogen (secondary N) is 4. The Hall–Kier alpha value is -1.92. The van der Waals surface area contributed by atoms with E-state index in [-0.39, 0.29) is 17.9 Å². The van der Waals surface area contributed by atoms with Crippen LogP contribution in [0.25, 0.3) is 0 Å². The second-order valence-electron chi connectivity index (χ2n) is 4.46. The minimum Gasteiger partial charge on any atom is -0.326 e. The van der Waals surface area contributed by atoms with E-state index in [0.717, 1.165) is 13.1 Å². The van der Waals surface area contributed by atoms with Gasteiger partial charge in [-0.05, 0) is 18.2 Å². The van der Waals surface area contributed by atoms with Gasteiger partial charge in [-0.15, -0.1) is 0 Å². The van der Waals surface area contributed by atoms with Crippen molar-refractivity contribution in [2.75, 3.05) is 30.3 Å². The van der Waals surface area contributed by atoms with Crippen molar-refractivity contribution < 1.29 is 9.59 Å². The van der Waals surface area contributed by atoms with Crippen LogP contribution in [0.3, 0.4) is 0 Å². The maximum Gasteiger partial charge on any atom is 0.242 e. The molecule has 1 saturated heterocycles. The van der Waals surface area contributed by atoms with Crippen molar-refractivity contribution in [2.24, 2.45) is 0 Å². The van der Waals surface area contributed by atoms with Crippen molar-refractivity contribution in [1.29, 1.82) is 0 Å². The molecule has 1 fully saturated rings. The minimum absolute atomic E-state index is 0.0767. The summed E-state index contributed by atoms with van der Waals surface area (Å²) in [5, 5.41) is 11.8. The number of carbonyl (C=O) groups is 2. The molecule has 4 N–H and O–H groups in total. The summed E-state index contributed by atoms with van der Waals surface area (Å²) in [5.41, 5.74) is 1.34. The van der Waals surface area contributed by atoms with Gasteiger partial charge < -0.3 is 21.3 Å². The van der Waals surface area contributed by atoms with E-state index in [9.17, 15) is 9.59 Å². The largest absolute Gasteiger partial charge is 0.326 e. The molecule has 1 heterocycles. The summed E-state index contributed by atoms with van der Waals surface area (Å²) in [6, 6.07) is 6.86. The number of benzene rings is 1. The van der Waals surface area contributed by atoms with E-state index >= 15 is 0 Å². The predicted molar refractivity (Wildman–Crippen MR) is 74.0 cm³/mol. The molecule has 1 aromatic carbocycles. The maximum atomic E-state index is 12.0. The molecule has 1 aliphatic rings. The molecule has 2 rings (SSSR count). The smallest absolute Gasteiger partial charge is 0.242 e. The molecule has 1 aliphatic heterocycles. The Labute approximate surface area is 112 Å². The van der Waals surface area contributed by atoms with E-state index in [0.29, 0.717) is 17.9 Å². The van der Waals surface area contributed by atoms with Crippen molar-refractivity contribution >= 4 is 23.2 Å². The fourth-order valence-corrected chi connectivity index (χ4v) is 1.95. The van der Waals surface area contributed by atoms with Gasteiger partial charge in [0, 0.05) is 37.9 Å². The molecule has 0 saturated carbocycles. The molecule has 6 nitrogen and oxygen atoms in total. The van der Waals surface area contributed by atoms with Crippen molar-refractivity contribution in [3.8, 4) is 0 Å². The highest BCUT2D eigenvalue weighted by Gasteiger charge is 2.20. The van der Waals surface area contributed by atoms with Crippen LogP contribution in [0.5, 0.6) is 0 Å². The van der Waals surface area contributed by atoms with Gasteiger partial charge in [-0.1, -0.05) is 6.07 Å². The Balaban J connectivity index is 1.97. The molecule has 0 aliphatic carbocycles. The van der Waals surface area contributed by atoms with Crippen molar-refractivity contribution in [1.82, 2.24) is 10.6 Å². The first kappa shape index (κ1) is 13.5. The molecule has 102 valence electrons. The van der Waals surface area contributed by atoms with Gasteiger partial charge in [0.1, 0.15) is 0 Å². The lowest BCUT2D eigenvalue weighted by Gasteiger charge is -2.23. The monoisotopic (exact) mass is 262 g/mol. The summed E-state index contributed by atoms with van der Waals surface area (Å²) in [5.74, 6) is -0.214. The minimum atomic E-state index is -0.224. The van der Waals surface area contributed by atoms with Crippen LogP contribution in [-0.2, 0) is 9.59 Å². The molecule has 0 aromatic heterocycles. The van der Waals surface area contributed by atoms with Gasteiger partial charge in [-0.25, -0.2) is 0 Å². The topological polar surface area (TPSA) is 82.3 Å². The molecular weight excluding hydrogens is 244 g/mol. The molecule has 19 heavy (non-hydrogen) atoms. The fraction of sp³-hybridized carbons (Fsp3) is 0.385. The van der Waals surface area contributed by atoms with Crippen molar-refractivity contribution in [3.63, 3.8) is 0 Å². The average molecular weight is 262 g/mol. The van der Waals surface area contributed by atoms with E-state index < -0.39 is 0 Å². The van der Waals surface area contributed by atoms with Gasteiger partial charge in [0.25, 0.3) is 0 Å². The zero-order valence-corrected chi connectivity index (χ0v) is 10.8. The van der Waals surface area contributed by atoms with Crippen LogP contribution in [0, 0.1) is 0 Å². The molecule has 1 unspecified atom stereocenters. The second-order valence-corrected chi connectivity index (χ2v) is 4.46. The quantitative estimate of drug-likeness (QED) is 0.625.